The number of likely N-dealkylation sites (tertiary alicyclic amines) is 1. The first-order valence-electron chi connectivity index (χ1n) is 7.13. The molecule has 0 aromatic carbocycles. The summed E-state index contributed by atoms with van der Waals surface area (Å²) in [6, 6.07) is 3.06. The van der Waals surface area contributed by atoms with Gasteiger partial charge in [-0.05, 0) is 57.5 Å². The highest BCUT2D eigenvalue weighted by molar-refractivity contribution is 7.89. The number of rotatable bonds is 6. The number of anilines is 1. The molecule has 1 aromatic rings. The van der Waals surface area contributed by atoms with Crippen LogP contribution in [0.4, 0.5) is 5.82 Å². The quantitative estimate of drug-likeness (QED) is 0.518. The number of hydrogen-bond donors (Lipinski definition) is 3. The molecule has 0 saturated carbocycles. The Morgan fingerprint density at radius 1 is 1.43 bits per heavy atom. The molecule has 2 rings (SSSR count). The summed E-state index contributed by atoms with van der Waals surface area (Å²) in [5, 5.41) is 0. The number of piperidine rings is 1. The standard InChI is InChI=1S/C13H23N5O2S/c1-18-9-5-11(6-10-18)4-8-16-21(19,20)12-3-2-7-15-13(12)17-14/h2-3,7,11,16H,4-6,8-10,14H2,1H3,(H,15,17). The van der Waals surface area contributed by atoms with Crippen molar-refractivity contribution >= 4 is 15.8 Å². The third-order valence-corrected chi connectivity index (χ3v) is 5.37. The van der Waals surface area contributed by atoms with E-state index in [-0.39, 0.29) is 10.7 Å². The van der Waals surface area contributed by atoms with E-state index in [1.165, 1.54) is 12.3 Å². The van der Waals surface area contributed by atoms with Gasteiger partial charge in [0.15, 0.2) is 5.82 Å². The number of aromatic nitrogens is 1. The smallest absolute Gasteiger partial charge is 0.244 e. The summed E-state index contributed by atoms with van der Waals surface area (Å²) in [6.07, 6.45) is 4.60. The van der Waals surface area contributed by atoms with E-state index in [4.69, 9.17) is 5.84 Å². The van der Waals surface area contributed by atoms with Crippen molar-refractivity contribution in [1.82, 2.24) is 14.6 Å². The first-order valence-corrected chi connectivity index (χ1v) is 8.61. The van der Waals surface area contributed by atoms with Crippen LogP contribution in [0.25, 0.3) is 0 Å². The number of nitrogens with zero attached hydrogens (tertiary/aromatic N) is 2. The number of hydrogen-bond acceptors (Lipinski definition) is 6. The largest absolute Gasteiger partial charge is 0.307 e. The average Bonchev–Trinajstić information content (AvgIpc) is 2.49. The molecule has 0 radical (unpaired) electrons. The van der Waals surface area contributed by atoms with Crippen LogP contribution in [0.3, 0.4) is 0 Å². The molecule has 2 heterocycles. The Labute approximate surface area is 125 Å². The molecule has 0 bridgehead atoms. The van der Waals surface area contributed by atoms with Crippen LogP contribution in [0.1, 0.15) is 19.3 Å². The van der Waals surface area contributed by atoms with Gasteiger partial charge in [0.1, 0.15) is 4.90 Å². The van der Waals surface area contributed by atoms with Gasteiger partial charge in [-0.25, -0.2) is 24.0 Å². The molecule has 1 aromatic heterocycles. The van der Waals surface area contributed by atoms with E-state index in [0.717, 1.165) is 32.4 Å². The van der Waals surface area contributed by atoms with Crippen LogP contribution < -0.4 is 16.0 Å². The predicted molar refractivity (Wildman–Crippen MR) is 82.1 cm³/mol. The van der Waals surface area contributed by atoms with Crippen LogP contribution in [0, 0.1) is 5.92 Å². The third-order valence-electron chi connectivity index (χ3n) is 3.88. The molecule has 0 spiro atoms. The minimum Gasteiger partial charge on any atom is -0.307 e. The van der Waals surface area contributed by atoms with Crippen molar-refractivity contribution in [3.63, 3.8) is 0 Å². The van der Waals surface area contributed by atoms with Gasteiger partial charge in [-0.2, -0.15) is 0 Å². The number of nitrogen functional groups attached to an aromatic ring is 1. The fraction of sp³-hybridized carbons (Fsp3) is 0.615. The van der Waals surface area contributed by atoms with Gasteiger partial charge in [0.05, 0.1) is 0 Å². The van der Waals surface area contributed by atoms with Crippen molar-refractivity contribution in [1.29, 1.82) is 0 Å². The zero-order valence-electron chi connectivity index (χ0n) is 12.2. The molecular weight excluding hydrogens is 290 g/mol. The topological polar surface area (TPSA) is 100 Å². The number of pyridine rings is 1. The molecule has 0 amide bonds. The molecule has 118 valence electrons. The first-order chi connectivity index (χ1) is 10.0. The van der Waals surface area contributed by atoms with Gasteiger partial charge in [-0.3, -0.25) is 0 Å². The van der Waals surface area contributed by atoms with Crippen molar-refractivity contribution in [3.8, 4) is 0 Å². The van der Waals surface area contributed by atoms with Gasteiger partial charge < -0.3 is 10.3 Å². The highest BCUT2D eigenvalue weighted by Gasteiger charge is 2.20. The van der Waals surface area contributed by atoms with Crippen LogP contribution in [-0.4, -0.2) is 45.0 Å². The third kappa shape index (κ3) is 4.37. The van der Waals surface area contributed by atoms with Gasteiger partial charge in [-0.1, -0.05) is 0 Å². The summed E-state index contributed by atoms with van der Waals surface area (Å²) in [5.74, 6) is 6.04. The zero-order valence-corrected chi connectivity index (χ0v) is 13.1. The van der Waals surface area contributed by atoms with Crippen LogP contribution >= 0.6 is 0 Å². The van der Waals surface area contributed by atoms with Crippen LogP contribution in [-0.2, 0) is 10.0 Å². The summed E-state index contributed by atoms with van der Waals surface area (Å²) in [5.41, 5.74) is 2.31. The van der Waals surface area contributed by atoms with E-state index >= 15 is 0 Å². The maximum Gasteiger partial charge on any atom is 0.244 e. The number of nitrogens with one attached hydrogen (secondary N) is 2. The fourth-order valence-electron chi connectivity index (χ4n) is 2.54. The molecule has 21 heavy (non-hydrogen) atoms. The molecule has 1 fully saturated rings. The van der Waals surface area contributed by atoms with E-state index in [1.54, 1.807) is 6.07 Å². The van der Waals surface area contributed by atoms with E-state index in [2.05, 4.69) is 27.1 Å². The molecule has 4 N–H and O–H groups in total. The number of nitrogens with two attached hydrogens (primary N) is 1. The normalized spacial score (nSPS) is 17.8. The molecule has 0 unspecified atom stereocenters. The molecule has 0 atom stereocenters. The number of sulfonamides is 1. The SMILES string of the molecule is CN1CCC(CCNS(=O)(=O)c2cccnc2NN)CC1. The average molecular weight is 313 g/mol. The second kappa shape index (κ2) is 7.17. The summed E-state index contributed by atoms with van der Waals surface area (Å²) < 4.78 is 27.1. The highest BCUT2D eigenvalue weighted by Crippen LogP contribution is 2.20. The van der Waals surface area contributed by atoms with Gasteiger partial charge in [0.2, 0.25) is 10.0 Å². The zero-order chi connectivity index (χ0) is 15.3. The molecule has 0 aliphatic carbocycles. The van der Waals surface area contributed by atoms with E-state index in [0.29, 0.717) is 12.5 Å². The molecular formula is C13H23N5O2S. The summed E-state index contributed by atoms with van der Waals surface area (Å²) in [4.78, 5) is 6.29. The lowest BCUT2D eigenvalue weighted by Crippen LogP contribution is -2.33. The van der Waals surface area contributed by atoms with Crippen molar-refractivity contribution in [2.45, 2.75) is 24.2 Å². The van der Waals surface area contributed by atoms with Crippen molar-refractivity contribution in [3.05, 3.63) is 18.3 Å². The van der Waals surface area contributed by atoms with Crippen LogP contribution in [0.2, 0.25) is 0 Å². The molecule has 7 nitrogen and oxygen atoms in total. The van der Waals surface area contributed by atoms with Gasteiger partial charge in [-0.15, -0.1) is 0 Å². The van der Waals surface area contributed by atoms with Crippen molar-refractivity contribution < 1.29 is 8.42 Å². The summed E-state index contributed by atoms with van der Waals surface area (Å²) >= 11 is 0. The second-order valence-electron chi connectivity index (χ2n) is 5.43. The summed E-state index contributed by atoms with van der Waals surface area (Å²) in [7, 11) is -1.47. The number of hydrazine groups is 1. The maximum absolute atomic E-state index is 12.3. The molecule has 1 aliphatic rings. The lowest BCUT2D eigenvalue weighted by Gasteiger charge is -2.28. The summed E-state index contributed by atoms with van der Waals surface area (Å²) in [6.45, 7) is 2.61. The Hall–Kier alpha value is -1.22. The molecule has 1 aliphatic heterocycles. The van der Waals surface area contributed by atoms with Crippen molar-refractivity contribution in [2.24, 2.45) is 11.8 Å². The predicted octanol–water partition coefficient (Wildman–Crippen LogP) is 0.377. The fourth-order valence-corrected chi connectivity index (χ4v) is 3.71. The Bertz CT molecular complexity index is 555. The minimum atomic E-state index is -3.58. The maximum atomic E-state index is 12.3. The van der Waals surface area contributed by atoms with Gasteiger partial charge >= 0.3 is 0 Å². The van der Waals surface area contributed by atoms with E-state index < -0.39 is 10.0 Å². The van der Waals surface area contributed by atoms with Gasteiger partial charge in [0, 0.05) is 12.7 Å². The van der Waals surface area contributed by atoms with Crippen LogP contribution in [0.5, 0.6) is 0 Å². The second-order valence-corrected chi connectivity index (χ2v) is 7.16. The lowest BCUT2D eigenvalue weighted by atomic mass is 9.94. The molecule has 8 heteroatoms. The Balaban J connectivity index is 1.89. The van der Waals surface area contributed by atoms with Crippen LogP contribution in [0.15, 0.2) is 23.2 Å². The molecule has 1 saturated heterocycles. The minimum absolute atomic E-state index is 0.0795. The lowest BCUT2D eigenvalue weighted by molar-refractivity contribution is 0.213. The van der Waals surface area contributed by atoms with Crippen molar-refractivity contribution in [2.75, 3.05) is 32.1 Å². The Morgan fingerprint density at radius 3 is 2.81 bits per heavy atom. The first kappa shape index (κ1) is 16.2. The van der Waals surface area contributed by atoms with Gasteiger partial charge in [0.25, 0.3) is 0 Å². The monoisotopic (exact) mass is 313 g/mol. The Morgan fingerprint density at radius 2 is 2.14 bits per heavy atom. The highest BCUT2D eigenvalue weighted by atomic mass is 32.2. The Kier molecular flexibility index (Phi) is 5.51. The van der Waals surface area contributed by atoms with E-state index in [9.17, 15) is 8.42 Å². The van der Waals surface area contributed by atoms with E-state index in [1.807, 2.05) is 0 Å².